The molecule has 1 atom stereocenters. The van der Waals surface area contributed by atoms with Gasteiger partial charge >= 0.3 is 0 Å². The van der Waals surface area contributed by atoms with Gasteiger partial charge in [-0.15, -0.1) is 0 Å². The van der Waals surface area contributed by atoms with Gasteiger partial charge in [0.2, 0.25) is 0 Å². The summed E-state index contributed by atoms with van der Waals surface area (Å²) in [5.41, 5.74) is 1.17. The maximum absolute atomic E-state index is 5.59. The number of rotatable bonds is 3. The van der Waals surface area contributed by atoms with Gasteiger partial charge < -0.3 is 4.74 Å². The molecule has 0 heterocycles. The first kappa shape index (κ1) is 10.6. The van der Waals surface area contributed by atoms with Gasteiger partial charge in [-0.3, -0.25) is 0 Å². The van der Waals surface area contributed by atoms with Crippen LogP contribution in [-0.4, -0.2) is 17.6 Å². The summed E-state index contributed by atoms with van der Waals surface area (Å²) in [5.74, 6) is 0. The molecule has 1 rings (SSSR count). The van der Waals surface area contributed by atoms with Crippen LogP contribution in [0.1, 0.15) is 26.7 Å². The summed E-state index contributed by atoms with van der Waals surface area (Å²) in [6.45, 7) is 4.95. The van der Waals surface area contributed by atoms with E-state index in [9.17, 15) is 0 Å². The van der Waals surface area contributed by atoms with E-state index in [-0.39, 0.29) is 6.10 Å². The van der Waals surface area contributed by atoms with Gasteiger partial charge in [0, 0.05) is 17.9 Å². The van der Waals surface area contributed by atoms with Crippen LogP contribution in [0.25, 0.3) is 0 Å². The zero-order valence-corrected chi connectivity index (χ0v) is 9.06. The number of hydrogen-bond donors (Lipinski definition) is 0. The summed E-state index contributed by atoms with van der Waals surface area (Å²) >= 11 is 5.25. The zero-order valence-electron chi connectivity index (χ0n) is 8.25. The van der Waals surface area contributed by atoms with Gasteiger partial charge in [0.25, 0.3) is 0 Å². The van der Waals surface area contributed by atoms with Gasteiger partial charge in [0.05, 0.1) is 6.10 Å². The summed E-state index contributed by atoms with van der Waals surface area (Å²) in [6, 6.07) is 0. The van der Waals surface area contributed by atoms with E-state index in [0.717, 1.165) is 24.3 Å². The predicted molar refractivity (Wildman–Crippen MR) is 60.1 cm³/mol. The Labute approximate surface area is 85.5 Å². The van der Waals surface area contributed by atoms with Crippen molar-refractivity contribution < 1.29 is 4.74 Å². The summed E-state index contributed by atoms with van der Waals surface area (Å²) in [7, 11) is 0. The van der Waals surface area contributed by atoms with Gasteiger partial charge in [0.1, 0.15) is 0 Å². The van der Waals surface area contributed by atoms with Crippen molar-refractivity contribution in [2.45, 2.75) is 32.8 Å². The predicted octanol–water partition coefficient (Wildman–Crippen LogP) is 3.06. The van der Waals surface area contributed by atoms with E-state index in [0.29, 0.717) is 0 Å². The molecule has 0 bridgehead atoms. The van der Waals surface area contributed by atoms with Gasteiger partial charge in [-0.1, -0.05) is 37.4 Å². The van der Waals surface area contributed by atoms with Crippen molar-refractivity contribution in [3.8, 4) is 0 Å². The molecule has 0 spiro atoms. The lowest BCUT2D eigenvalue weighted by Gasteiger charge is -2.19. The minimum absolute atomic E-state index is 0.205. The molecule has 1 aliphatic rings. The minimum atomic E-state index is 0.205. The SMILES string of the molecule is C/C=C1\C=CC(OCCC)CC1=S. The lowest BCUT2D eigenvalue weighted by atomic mass is 9.99. The first-order valence-electron chi connectivity index (χ1n) is 4.77. The monoisotopic (exact) mass is 196 g/mol. The Balaban J connectivity index is 2.52. The quantitative estimate of drug-likeness (QED) is 0.507. The number of thiocarbonyl (C=S) groups is 1. The van der Waals surface area contributed by atoms with Crippen molar-refractivity contribution in [1.29, 1.82) is 0 Å². The van der Waals surface area contributed by atoms with E-state index in [1.165, 1.54) is 5.57 Å². The van der Waals surface area contributed by atoms with E-state index < -0.39 is 0 Å². The fraction of sp³-hybridized carbons (Fsp3) is 0.545. The Bertz CT molecular complexity index is 240. The molecule has 0 saturated carbocycles. The molecular weight excluding hydrogens is 180 g/mol. The molecular formula is C11H16OS. The molecule has 0 saturated heterocycles. The van der Waals surface area contributed by atoms with Crippen molar-refractivity contribution >= 4 is 17.1 Å². The van der Waals surface area contributed by atoms with Crippen LogP contribution in [-0.2, 0) is 4.74 Å². The third-order valence-electron chi connectivity index (χ3n) is 2.05. The molecule has 1 nitrogen and oxygen atoms in total. The third kappa shape index (κ3) is 3.05. The molecule has 0 aliphatic heterocycles. The van der Waals surface area contributed by atoms with Crippen LogP contribution in [0.5, 0.6) is 0 Å². The Kier molecular flexibility index (Phi) is 4.33. The van der Waals surface area contributed by atoms with Gasteiger partial charge in [0.15, 0.2) is 0 Å². The molecule has 0 amide bonds. The Morgan fingerprint density at radius 3 is 3.00 bits per heavy atom. The van der Waals surface area contributed by atoms with E-state index in [1.54, 1.807) is 0 Å². The molecule has 1 unspecified atom stereocenters. The van der Waals surface area contributed by atoms with E-state index in [2.05, 4.69) is 25.2 Å². The van der Waals surface area contributed by atoms with Crippen LogP contribution in [0.15, 0.2) is 23.8 Å². The van der Waals surface area contributed by atoms with Gasteiger partial charge in [-0.2, -0.15) is 0 Å². The van der Waals surface area contributed by atoms with Crippen LogP contribution in [0, 0.1) is 0 Å². The summed E-state index contributed by atoms with van der Waals surface area (Å²) in [5, 5.41) is 0. The second-order valence-electron chi connectivity index (χ2n) is 3.14. The Morgan fingerprint density at radius 2 is 2.46 bits per heavy atom. The highest BCUT2D eigenvalue weighted by Gasteiger charge is 2.14. The highest BCUT2D eigenvalue weighted by Crippen LogP contribution is 2.17. The fourth-order valence-electron chi connectivity index (χ4n) is 1.31. The molecule has 72 valence electrons. The first-order valence-corrected chi connectivity index (χ1v) is 5.18. The fourth-order valence-corrected chi connectivity index (χ4v) is 1.66. The molecule has 0 aromatic heterocycles. The van der Waals surface area contributed by atoms with E-state index >= 15 is 0 Å². The average molecular weight is 196 g/mol. The minimum Gasteiger partial charge on any atom is -0.374 e. The molecule has 0 aromatic carbocycles. The normalized spacial score (nSPS) is 25.5. The third-order valence-corrected chi connectivity index (χ3v) is 2.45. The van der Waals surface area contributed by atoms with Crippen molar-refractivity contribution in [1.82, 2.24) is 0 Å². The lowest BCUT2D eigenvalue weighted by molar-refractivity contribution is 0.0901. The van der Waals surface area contributed by atoms with E-state index in [4.69, 9.17) is 17.0 Å². The summed E-state index contributed by atoms with van der Waals surface area (Å²) in [6.07, 6.45) is 8.34. The molecule has 0 radical (unpaired) electrons. The Hall–Kier alpha value is -0.470. The number of ether oxygens (including phenoxy) is 1. The van der Waals surface area contributed by atoms with Crippen molar-refractivity contribution in [2.75, 3.05) is 6.61 Å². The maximum atomic E-state index is 5.59. The average Bonchev–Trinajstić information content (AvgIpc) is 2.15. The second-order valence-corrected chi connectivity index (χ2v) is 3.63. The first-order chi connectivity index (χ1) is 6.27. The van der Waals surface area contributed by atoms with Crippen molar-refractivity contribution in [2.24, 2.45) is 0 Å². The van der Waals surface area contributed by atoms with Crippen LogP contribution < -0.4 is 0 Å². The van der Waals surface area contributed by atoms with Crippen LogP contribution in [0.3, 0.4) is 0 Å². The van der Waals surface area contributed by atoms with E-state index in [1.807, 2.05) is 6.92 Å². The summed E-state index contributed by atoms with van der Waals surface area (Å²) < 4.78 is 5.59. The van der Waals surface area contributed by atoms with Crippen LogP contribution >= 0.6 is 12.2 Å². The summed E-state index contributed by atoms with van der Waals surface area (Å²) in [4.78, 5) is 1.02. The van der Waals surface area contributed by atoms with Crippen LogP contribution in [0.4, 0.5) is 0 Å². The van der Waals surface area contributed by atoms with Crippen molar-refractivity contribution in [3.63, 3.8) is 0 Å². The topological polar surface area (TPSA) is 9.23 Å². The molecule has 1 aliphatic carbocycles. The highest BCUT2D eigenvalue weighted by atomic mass is 32.1. The molecule has 13 heavy (non-hydrogen) atoms. The smallest absolute Gasteiger partial charge is 0.0807 e. The number of hydrogen-bond acceptors (Lipinski definition) is 2. The van der Waals surface area contributed by atoms with Crippen LogP contribution in [0.2, 0.25) is 0 Å². The maximum Gasteiger partial charge on any atom is 0.0807 e. The molecule has 2 heteroatoms. The zero-order chi connectivity index (χ0) is 9.68. The standard InChI is InChI=1S/C11H16OS/c1-3-7-12-10-6-5-9(4-2)11(13)8-10/h4-6,10H,3,7-8H2,1-2H3/b9-4+. The second kappa shape index (κ2) is 5.30. The largest absolute Gasteiger partial charge is 0.374 e. The van der Waals surface area contributed by atoms with Gasteiger partial charge in [-0.05, 0) is 18.9 Å². The lowest BCUT2D eigenvalue weighted by Crippen LogP contribution is -2.19. The highest BCUT2D eigenvalue weighted by molar-refractivity contribution is 7.80. The van der Waals surface area contributed by atoms with Gasteiger partial charge in [-0.25, -0.2) is 0 Å². The molecule has 0 N–H and O–H groups in total. The molecule has 0 fully saturated rings. The molecule has 0 aromatic rings. The number of allylic oxidation sites excluding steroid dienone is 3. The Morgan fingerprint density at radius 1 is 1.69 bits per heavy atom. The van der Waals surface area contributed by atoms with Crippen molar-refractivity contribution in [3.05, 3.63) is 23.8 Å².